The lowest BCUT2D eigenvalue weighted by molar-refractivity contribution is 0.335. The Labute approximate surface area is 104 Å². The third kappa shape index (κ3) is 2.93. The Morgan fingerprint density at radius 2 is 2.06 bits per heavy atom. The van der Waals surface area contributed by atoms with E-state index in [0.717, 1.165) is 5.92 Å². The summed E-state index contributed by atoms with van der Waals surface area (Å²) < 4.78 is 0. The molecular formula is C13H24N2S. The first kappa shape index (κ1) is 12.3. The number of nitrogens with one attached hydrogen (secondary N) is 1. The Morgan fingerprint density at radius 1 is 1.31 bits per heavy atom. The molecule has 1 saturated carbocycles. The van der Waals surface area contributed by atoms with Gasteiger partial charge in [0.25, 0.3) is 0 Å². The van der Waals surface area contributed by atoms with E-state index in [1.807, 2.05) is 11.8 Å². The average Bonchev–Trinajstić information content (AvgIpc) is 2.35. The van der Waals surface area contributed by atoms with Gasteiger partial charge in [0.05, 0.1) is 6.04 Å². The Kier molecular flexibility index (Phi) is 4.56. The molecular weight excluding hydrogens is 216 g/mol. The molecule has 1 aliphatic carbocycles. The zero-order valence-corrected chi connectivity index (χ0v) is 11.4. The number of hydrogen-bond donors (Lipinski definition) is 1. The summed E-state index contributed by atoms with van der Waals surface area (Å²) in [5.41, 5.74) is 0. The van der Waals surface area contributed by atoms with Crippen LogP contribution in [0.4, 0.5) is 0 Å². The maximum absolute atomic E-state index is 4.91. The fraction of sp³-hybridized carbons (Fsp3) is 0.923. The lowest BCUT2D eigenvalue weighted by Gasteiger charge is -2.33. The van der Waals surface area contributed by atoms with Gasteiger partial charge in [0.15, 0.2) is 5.17 Å². The second kappa shape index (κ2) is 5.95. The van der Waals surface area contributed by atoms with E-state index in [2.05, 4.69) is 19.2 Å². The van der Waals surface area contributed by atoms with Crippen LogP contribution >= 0.6 is 11.8 Å². The number of fused-ring (bicyclic) bond motifs is 1. The average molecular weight is 240 g/mol. The molecule has 1 aliphatic heterocycles. The van der Waals surface area contributed by atoms with E-state index >= 15 is 0 Å². The van der Waals surface area contributed by atoms with Crippen molar-refractivity contribution in [1.82, 2.24) is 5.32 Å². The first-order valence-electron chi connectivity index (χ1n) is 6.80. The van der Waals surface area contributed by atoms with Crippen molar-refractivity contribution in [3.8, 4) is 0 Å². The molecule has 0 bridgehead atoms. The van der Waals surface area contributed by atoms with Crippen molar-refractivity contribution >= 4 is 16.9 Å². The number of rotatable bonds is 3. The summed E-state index contributed by atoms with van der Waals surface area (Å²) in [6.45, 7) is 4.50. The lowest BCUT2D eigenvalue weighted by Crippen LogP contribution is -2.38. The predicted molar refractivity (Wildman–Crippen MR) is 73.1 cm³/mol. The van der Waals surface area contributed by atoms with Gasteiger partial charge in [-0.2, -0.15) is 0 Å². The van der Waals surface area contributed by atoms with E-state index in [4.69, 9.17) is 4.99 Å². The van der Waals surface area contributed by atoms with Crippen molar-refractivity contribution in [1.29, 1.82) is 0 Å². The monoisotopic (exact) mass is 240 g/mol. The highest BCUT2D eigenvalue weighted by molar-refractivity contribution is 8.13. The largest absolute Gasteiger partial charge is 0.362 e. The van der Waals surface area contributed by atoms with Crippen LogP contribution in [0.25, 0.3) is 0 Å². The van der Waals surface area contributed by atoms with E-state index in [9.17, 15) is 0 Å². The van der Waals surface area contributed by atoms with E-state index < -0.39 is 0 Å². The third-order valence-corrected chi connectivity index (χ3v) is 4.99. The third-order valence-electron chi connectivity index (χ3n) is 3.90. The lowest BCUT2D eigenvalue weighted by atomic mass is 9.86. The summed E-state index contributed by atoms with van der Waals surface area (Å²) in [6, 6.07) is 1.25. The zero-order valence-electron chi connectivity index (χ0n) is 10.5. The SMILES string of the molecule is CCC(CC)NC1=NC2CCCCC2CS1. The van der Waals surface area contributed by atoms with Crippen LogP contribution in [0, 0.1) is 5.92 Å². The molecule has 0 aromatic rings. The molecule has 2 nitrogen and oxygen atoms in total. The summed E-state index contributed by atoms with van der Waals surface area (Å²) >= 11 is 1.95. The van der Waals surface area contributed by atoms with E-state index in [-0.39, 0.29) is 0 Å². The van der Waals surface area contributed by atoms with Crippen LogP contribution in [-0.4, -0.2) is 23.0 Å². The Balaban J connectivity index is 1.93. The van der Waals surface area contributed by atoms with Crippen LogP contribution < -0.4 is 5.32 Å². The second-order valence-corrected chi connectivity index (χ2v) is 6.02. The van der Waals surface area contributed by atoms with Gasteiger partial charge in [0, 0.05) is 11.8 Å². The quantitative estimate of drug-likeness (QED) is 0.817. The minimum atomic E-state index is 0.617. The molecule has 1 fully saturated rings. The fourth-order valence-corrected chi connectivity index (χ4v) is 3.89. The molecule has 3 heteroatoms. The molecule has 0 radical (unpaired) electrons. The van der Waals surface area contributed by atoms with Gasteiger partial charge in [0.1, 0.15) is 0 Å². The van der Waals surface area contributed by atoms with E-state index in [1.165, 1.54) is 49.4 Å². The summed E-state index contributed by atoms with van der Waals surface area (Å²) in [4.78, 5) is 4.91. The first-order valence-corrected chi connectivity index (χ1v) is 7.79. The molecule has 0 aromatic carbocycles. The molecule has 1 N–H and O–H groups in total. The van der Waals surface area contributed by atoms with Crippen molar-refractivity contribution in [3.63, 3.8) is 0 Å². The normalized spacial score (nSPS) is 29.8. The molecule has 0 saturated heterocycles. The molecule has 0 aromatic heterocycles. The van der Waals surface area contributed by atoms with Gasteiger partial charge in [-0.15, -0.1) is 0 Å². The topological polar surface area (TPSA) is 24.4 Å². The first-order chi connectivity index (χ1) is 7.83. The number of nitrogens with zero attached hydrogens (tertiary/aromatic N) is 1. The van der Waals surface area contributed by atoms with E-state index in [1.54, 1.807) is 0 Å². The molecule has 1 heterocycles. The van der Waals surface area contributed by atoms with Crippen molar-refractivity contribution < 1.29 is 0 Å². The van der Waals surface area contributed by atoms with Crippen LogP contribution in [0.15, 0.2) is 4.99 Å². The van der Waals surface area contributed by atoms with Gasteiger partial charge < -0.3 is 5.32 Å². The number of hydrogen-bond acceptors (Lipinski definition) is 3. The van der Waals surface area contributed by atoms with E-state index in [0.29, 0.717) is 12.1 Å². The molecule has 0 amide bonds. The van der Waals surface area contributed by atoms with Gasteiger partial charge in [-0.1, -0.05) is 38.5 Å². The highest BCUT2D eigenvalue weighted by atomic mass is 32.2. The molecule has 0 spiro atoms. The molecule has 2 atom stereocenters. The molecule has 2 unspecified atom stereocenters. The van der Waals surface area contributed by atoms with Crippen molar-refractivity contribution in [2.45, 2.75) is 64.5 Å². The second-order valence-electron chi connectivity index (χ2n) is 5.01. The predicted octanol–water partition coefficient (Wildman–Crippen LogP) is 3.43. The fourth-order valence-electron chi connectivity index (χ4n) is 2.67. The summed E-state index contributed by atoms with van der Waals surface area (Å²) in [5.74, 6) is 2.16. The van der Waals surface area contributed by atoms with Gasteiger partial charge in [-0.25, -0.2) is 0 Å². The minimum absolute atomic E-state index is 0.617. The van der Waals surface area contributed by atoms with Gasteiger partial charge in [-0.3, -0.25) is 4.99 Å². The zero-order chi connectivity index (χ0) is 11.4. The summed E-state index contributed by atoms with van der Waals surface area (Å²) in [6.07, 6.45) is 7.92. The smallest absolute Gasteiger partial charge is 0.157 e. The van der Waals surface area contributed by atoms with Crippen molar-refractivity contribution in [2.75, 3.05) is 5.75 Å². The van der Waals surface area contributed by atoms with Crippen LogP contribution in [0.1, 0.15) is 52.4 Å². The standard InChI is InChI=1S/C13H24N2S/c1-3-11(4-2)14-13-15-12-8-6-5-7-10(12)9-16-13/h10-12H,3-9H2,1-2H3,(H,14,15). The summed E-state index contributed by atoms with van der Waals surface area (Å²) in [5, 5.41) is 4.82. The maximum atomic E-state index is 4.91. The van der Waals surface area contributed by atoms with Crippen molar-refractivity contribution in [3.05, 3.63) is 0 Å². The van der Waals surface area contributed by atoms with Crippen molar-refractivity contribution in [2.24, 2.45) is 10.9 Å². The van der Waals surface area contributed by atoms with Gasteiger partial charge >= 0.3 is 0 Å². The Hall–Kier alpha value is -0.180. The van der Waals surface area contributed by atoms with Crippen LogP contribution in [0.3, 0.4) is 0 Å². The number of aliphatic imine (C=N–C) groups is 1. The molecule has 2 aliphatic rings. The van der Waals surface area contributed by atoms with Crippen LogP contribution in [0.2, 0.25) is 0 Å². The molecule has 92 valence electrons. The summed E-state index contributed by atoms with van der Waals surface area (Å²) in [7, 11) is 0. The highest BCUT2D eigenvalue weighted by Crippen LogP contribution is 2.33. The Morgan fingerprint density at radius 3 is 2.81 bits per heavy atom. The molecule has 16 heavy (non-hydrogen) atoms. The Bertz CT molecular complexity index is 248. The highest BCUT2D eigenvalue weighted by Gasteiger charge is 2.29. The maximum Gasteiger partial charge on any atom is 0.157 e. The van der Waals surface area contributed by atoms with Gasteiger partial charge in [0.2, 0.25) is 0 Å². The molecule has 2 rings (SSSR count). The number of amidine groups is 1. The van der Waals surface area contributed by atoms with Gasteiger partial charge in [-0.05, 0) is 31.6 Å². The minimum Gasteiger partial charge on any atom is -0.362 e. The van der Waals surface area contributed by atoms with Crippen LogP contribution in [-0.2, 0) is 0 Å². The van der Waals surface area contributed by atoms with Crippen LogP contribution in [0.5, 0.6) is 0 Å². The number of thioether (sulfide) groups is 1.